The predicted molar refractivity (Wildman–Crippen MR) is 110 cm³/mol. The molecule has 3 rings (SSSR count). The fourth-order valence-corrected chi connectivity index (χ4v) is 3.69. The maximum atomic E-state index is 12.5. The number of allylic oxidation sites excluding steroid dienone is 1. The lowest BCUT2D eigenvalue weighted by molar-refractivity contribution is -0.120. The molecule has 1 N–H and O–H groups in total. The fraction of sp³-hybridized carbons (Fsp3) is 0.238. The number of fused-ring (bicyclic) bond motifs is 1. The van der Waals surface area contributed by atoms with Crippen LogP contribution in [-0.2, 0) is 17.9 Å². The highest BCUT2D eigenvalue weighted by Crippen LogP contribution is 2.27. The Labute approximate surface area is 163 Å². The molecule has 6 heteroatoms. The minimum absolute atomic E-state index is 0.0203. The first-order chi connectivity index (χ1) is 13.1. The van der Waals surface area contributed by atoms with Crippen LogP contribution < -0.4 is 10.1 Å². The van der Waals surface area contributed by atoms with Crippen LogP contribution in [0.15, 0.2) is 66.3 Å². The molecule has 5 nitrogen and oxygen atoms in total. The minimum atomic E-state index is -0.261. The largest absolute Gasteiger partial charge is 0.497 e. The van der Waals surface area contributed by atoms with E-state index in [1.165, 1.54) is 11.8 Å². The summed E-state index contributed by atoms with van der Waals surface area (Å²) >= 11 is 1.46. The van der Waals surface area contributed by atoms with Crippen LogP contribution in [0.3, 0.4) is 0 Å². The topological polar surface area (TPSA) is 56.2 Å². The second-order valence-corrected chi connectivity index (χ2v) is 7.42. The summed E-state index contributed by atoms with van der Waals surface area (Å²) in [5, 5.41) is 3.55. The summed E-state index contributed by atoms with van der Waals surface area (Å²) in [6.45, 7) is 6.86. The lowest BCUT2D eigenvalue weighted by Crippen LogP contribution is -2.30. The predicted octanol–water partition coefficient (Wildman–Crippen LogP) is 4.03. The Morgan fingerprint density at radius 2 is 2.04 bits per heavy atom. The molecule has 0 unspecified atom stereocenters. The Hall–Kier alpha value is -2.73. The number of hydrogen-bond donors (Lipinski definition) is 1. The lowest BCUT2D eigenvalue weighted by atomic mass is 10.2. The molecule has 1 atom stereocenters. The summed E-state index contributed by atoms with van der Waals surface area (Å²) in [5.41, 5.74) is 3.00. The van der Waals surface area contributed by atoms with Gasteiger partial charge in [0.05, 0.1) is 23.4 Å². The molecule has 0 fully saturated rings. The molecule has 1 aromatic heterocycles. The molecule has 0 spiro atoms. The average molecular weight is 382 g/mol. The van der Waals surface area contributed by atoms with Gasteiger partial charge in [-0.05, 0) is 36.8 Å². The summed E-state index contributed by atoms with van der Waals surface area (Å²) in [6, 6.07) is 15.6. The molecule has 0 aliphatic heterocycles. The van der Waals surface area contributed by atoms with Gasteiger partial charge in [-0.1, -0.05) is 42.1 Å². The van der Waals surface area contributed by atoms with Crippen LogP contribution >= 0.6 is 11.8 Å². The Balaban J connectivity index is 1.66. The zero-order valence-electron chi connectivity index (χ0n) is 15.5. The lowest BCUT2D eigenvalue weighted by Gasteiger charge is -2.13. The number of rotatable bonds is 8. The van der Waals surface area contributed by atoms with Crippen molar-refractivity contribution in [3.8, 4) is 5.75 Å². The molecule has 2 aromatic carbocycles. The van der Waals surface area contributed by atoms with Crippen molar-refractivity contribution >= 4 is 28.7 Å². The van der Waals surface area contributed by atoms with E-state index in [9.17, 15) is 4.79 Å². The van der Waals surface area contributed by atoms with Gasteiger partial charge in [0.25, 0.3) is 0 Å². The third-order valence-corrected chi connectivity index (χ3v) is 5.30. The number of benzene rings is 2. The smallest absolute Gasteiger partial charge is 0.233 e. The van der Waals surface area contributed by atoms with Crippen molar-refractivity contribution < 1.29 is 9.53 Å². The van der Waals surface area contributed by atoms with E-state index in [1.807, 2.05) is 61.5 Å². The van der Waals surface area contributed by atoms with Gasteiger partial charge in [-0.3, -0.25) is 4.79 Å². The van der Waals surface area contributed by atoms with Gasteiger partial charge in [-0.25, -0.2) is 4.98 Å². The van der Waals surface area contributed by atoms with Crippen LogP contribution in [-0.4, -0.2) is 27.8 Å². The standard InChI is InChI=1S/C21H23N3O2S/c1-4-13-24-19-8-6-5-7-18(19)23-21(24)27-15(2)20(25)22-14-16-9-11-17(26-3)12-10-16/h4-12,15H,1,13-14H2,2-3H3,(H,22,25)/t15-/m0/s1. The number of ether oxygens (including phenoxy) is 1. The number of hydrogen-bond acceptors (Lipinski definition) is 4. The van der Waals surface area contributed by atoms with Gasteiger partial charge in [0, 0.05) is 13.1 Å². The molecule has 1 amide bonds. The Bertz CT molecular complexity index is 934. The molecule has 0 radical (unpaired) electrons. The van der Waals surface area contributed by atoms with Gasteiger partial charge in [-0.2, -0.15) is 0 Å². The number of thioether (sulfide) groups is 1. The first-order valence-electron chi connectivity index (χ1n) is 8.76. The van der Waals surface area contributed by atoms with Crippen LogP contribution in [0.4, 0.5) is 0 Å². The number of imidazole rings is 1. The van der Waals surface area contributed by atoms with Crippen molar-refractivity contribution in [1.82, 2.24) is 14.9 Å². The molecule has 1 heterocycles. The Kier molecular flexibility index (Phi) is 6.19. The van der Waals surface area contributed by atoms with Crippen LogP contribution in [0, 0.1) is 0 Å². The first-order valence-corrected chi connectivity index (χ1v) is 9.63. The second-order valence-electron chi connectivity index (χ2n) is 6.11. The molecule has 27 heavy (non-hydrogen) atoms. The van der Waals surface area contributed by atoms with Gasteiger partial charge in [0.15, 0.2) is 5.16 Å². The van der Waals surface area contributed by atoms with Crippen LogP contribution in [0.5, 0.6) is 5.75 Å². The summed E-state index contributed by atoms with van der Waals surface area (Å²) in [6.07, 6.45) is 1.84. The fourth-order valence-electron chi connectivity index (χ4n) is 2.74. The number of aromatic nitrogens is 2. The van der Waals surface area contributed by atoms with E-state index in [4.69, 9.17) is 4.74 Å². The van der Waals surface area contributed by atoms with Crippen molar-refractivity contribution in [1.29, 1.82) is 0 Å². The van der Waals surface area contributed by atoms with E-state index < -0.39 is 0 Å². The Morgan fingerprint density at radius 3 is 2.74 bits per heavy atom. The molecular formula is C21H23N3O2S. The zero-order valence-corrected chi connectivity index (χ0v) is 16.3. The molecule has 0 bridgehead atoms. The highest BCUT2D eigenvalue weighted by atomic mass is 32.2. The van der Waals surface area contributed by atoms with E-state index in [0.717, 1.165) is 27.5 Å². The van der Waals surface area contributed by atoms with E-state index in [-0.39, 0.29) is 11.2 Å². The minimum Gasteiger partial charge on any atom is -0.497 e. The third-order valence-electron chi connectivity index (χ3n) is 4.21. The highest BCUT2D eigenvalue weighted by molar-refractivity contribution is 8.00. The van der Waals surface area contributed by atoms with Gasteiger partial charge in [0.2, 0.25) is 5.91 Å². The SMILES string of the molecule is C=CCn1c(S[C@@H](C)C(=O)NCc2ccc(OC)cc2)nc2ccccc21. The number of nitrogens with one attached hydrogen (secondary N) is 1. The quantitative estimate of drug-likeness (QED) is 0.473. The molecule has 0 aliphatic rings. The van der Waals surface area contributed by atoms with Crippen molar-refractivity contribution in [2.24, 2.45) is 0 Å². The highest BCUT2D eigenvalue weighted by Gasteiger charge is 2.19. The zero-order chi connectivity index (χ0) is 19.2. The normalized spacial score (nSPS) is 11.9. The van der Waals surface area contributed by atoms with Crippen LogP contribution in [0.1, 0.15) is 12.5 Å². The van der Waals surface area contributed by atoms with E-state index >= 15 is 0 Å². The van der Waals surface area contributed by atoms with Gasteiger partial charge < -0.3 is 14.6 Å². The monoisotopic (exact) mass is 381 g/mol. The van der Waals surface area contributed by atoms with Crippen LogP contribution in [0.2, 0.25) is 0 Å². The maximum absolute atomic E-state index is 12.5. The van der Waals surface area contributed by atoms with E-state index in [2.05, 4.69) is 21.4 Å². The van der Waals surface area contributed by atoms with Crippen molar-refractivity contribution in [2.45, 2.75) is 30.4 Å². The number of carbonyl (C=O) groups excluding carboxylic acids is 1. The molecule has 140 valence electrons. The molecular weight excluding hydrogens is 358 g/mol. The molecule has 3 aromatic rings. The number of nitrogens with zero attached hydrogens (tertiary/aromatic N) is 2. The van der Waals surface area contributed by atoms with Crippen molar-refractivity contribution in [3.63, 3.8) is 0 Å². The summed E-state index contributed by atoms with van der Waals surface area (Å²) in [7, 11) is 1.63. The van der Waals surface area contributed by atoms with Gasteiger partial charge in [-0.15, -0.1) is 6.58 Å². The van der Waals surface area contributed by atoms with E-state index in [1.54, 1.807) is 7.11 Å². The maximum Gasteiger partial charge on any atom is 0.233 e. The number of amides is 1. The number of carbonyl (C=O) groups is 1. The second kappa shape index (κ2) is 8.77. The van der Waals surface area contributed by atoms with Gasteiger partial charge >= 0.3 is 0 Å². The van der Waals surface area contributed by atoms with Crippen molar-refractivity contribution in [2.75, 3.05) is 7.11 Å². The molecule has 0 aliphatic carbocycles. The summed E-state index contributed by atoms with van der Waals surface area (Å²) in [4.78, 5) is 17.2. The van der Waals surface area contributed by atoms with Gasteiger partial charge in [0.1, 0.15) is 5.75 Å². The summed E-state index contributed by atoms with van der Waals surface area (Å²) < 4.78 is 7.23. The number of para-hydroxylation sites is 2. The molecule has 0 saturated carbocycles. The molecule has 0 saturated heterocycles. The van der Waals surface area contributed by atoms with E-state index in [0.29, 0.717) is 13.1 Å². The Morgan fingerprint density at radius 1 is 1.30 bits per heavy atom. The number of methoxy groups -OCH3 is 1. The first kappa shape index (κ1) is 19.0. The summed E-state index contributed by atoms with van der Waals surface area (Å²) in [5.74, 6) is 0.781. The van der Waals surface area contributed by atoms with Crippen molar-refractivity contribution in [3.05, 3.63) is 66.7 Å². The van der Waals surface area contributed by atoms with Crippen LogP contribution in [0.25, 0.3) is 11.0 Å². The average Bonchev–Trinajstić information content (AvgIpc) is 3.04. The third kappa shape index (κ3) is 4.52.